The van der Waals surface area contributed by atoms with Crippen LogP contribution in [0.15, 0.2) is 35.8 Å². The maximum absolute atomic E-state index is 14.2. The van der Waals surface area contributed by atoms with Crippen LogP contribution in [0.2, 0.25) is 0 Å². The minimum absolute atomic E-state index is 0.176. The molecule has 7 heteroatoms. The predicted octanol–water partition coefficient (Wildman–Crippen LogP) is 2.70. The third-order valence-electron chi connectivity index (χ3n) is 4.55. The first-order valence-electron chi connectivity index (χ1n) is 7.59. The number of nitrogens with one attached hydrogen (secondary N) is 2. The predicted molar refractivity (Wildman–Crippen MR) is 90.2 cm³/mol. The highest BCUT2D eigenvalue weighted by Gasteiger charge is 2.67. The van der Waals surface area contributed by atoms with Gasteiger partial charge in [-0.1, -0.05) is 32.0 Å². The molecule has 2 aromatic rings. The lowest BCUT2D eigenvalue weighted by molar-refractivity contribution is -0.126. The summed E-state index contributed by atoms with van der Waals surface area (Å²) in [6.45, 7) is 3.67. The molecule has 0 saturated heterocycles. The van der Waals surface area contributed by atoms with Crippen molar-refractivity contribution in [1.82, 2.24) is 10.3 Å². The van der Waals surface area contributed by atoms with Gasteiger partial charge in [0.2, 0.25) is 11.8 Å². The van der Waals surface area contributed by atoms with Crippen LogP contribution in [0.4, 0.5) is 9.52 Å². The molecule has 24 heavy (non-hydrogen) atoms. The summed E-state index contributed by atoms with van der Waals surface area (Å²) >= 11 is 1.30. The van der Waals surface area contributed by atoms with Gasteiger partial charge in [-0.25, -0.2) is 9.37 Å². The van der Waals surface area contributed by atoms with Crippen LogP contribution < -0.4 is 10.6 Å². The van der Waals surface area contributed by atoms with Crippen molar-refractivity contribution in [3.05, 3.63) is 47.2 Å². The molecule has 2 N–H and O–H groups in total. The van der Waals surface area contributed by atoms with Crippen molar-refractivity contribution in [2.45, 2.75) is 25.7 Å². The van der Waals surface area contributed by atoms with Crippen LogP contribution in [0.1, 0.15) is 25.8 Å². The Labute approximate surface area is 143 Å². The van der Waals surface area contributed by atoms with E-state index < -0.39 is 11.2 Å². The summed E-state index contributed by atoms with van der Waals surface area (Å²) in [6, 6.07) is 6.31. The second kappa shape index (κ2) is 5.98. The molecular formula is C17H18FN3O2S. The van der Waals surface area contributed by atoms with Gasteiger partial charge < -0.3 is 10.6 Å². The summed E-state index contributed by atoms with van der Waals surface area (Å²) in [5, 5.41) is 7.46. The Morgan fingerprint density at radius 3 is 2.62 bits per heavy atom. The van der Waals surface area contributed by atoms with Gasteiger partial charge in [0.25, 0.3) is 0 Å². The Morgan fingerprint density at radius 2 is 2.04 bits per heavy atom. The van der Waals surface area contributed by atoms with E-state index in [1.807, 2.05) is 13.8 Å². The van der Waals surface area contributed by atoms with Crippen molar-refractivity contribution in [3.8, 4) is 0 Å². The lowest BCUT2D eigenvalue weighted by Crippen LogP contribution is -2.42. The molecule has 0 aliphatic heterocycles. The molecule has 1 atom stereocenters. The third-order valence-corrected chi connectivity index (χ3v) is 5.24. The molecule has 0 radical (unpaired) electrons. The van der Waals surface area contributed by atoms with E-state index in [-0.39, 0.29) is 23.8 Å². The molecule has 1 aromatic carbocycles. The Kier molecular flexibility index (Phi) is 4.13. The van der Waals surface area contributed by atoms with Gasteiger partial charge in [0, 0.05) is 17.1 Å². The van der Waals surface area contributed by atoms with Crippen molar-refractivity contribution in [2.24, 2.45) is 5.41 Å². The van der Waals surface area contributed by atoms with Crippen molar-refractivity contribution >= 4 is 28.3 Å². The molecule has 3 rings (SSSR count). The fourth-order valence-corrected chi connectivity index (χ4v) is 3.70. The average Bonchev–Trinajstić information content (AvgIpc) is 2.86. The molecule has 1 saturated carbocycles. The number of carbonyl (C=O) groups excluding carboxylic acids is 2. The summed E-state index contributed by atoms with van der Waals surface area (Å²) in [4.78, 5) is 28.6. The number of nitrogens with zero attached hydrogens (tertiary/aromatic N) is 1. The number of aromatic nitrogens is 1. The lowest BCUT2D eigenvalue weighted by Gasteiger charge is -2.21. The van der Waals surface area contributed by atoms with Crippen LogP contribution in [-0.2, 0) is 15.0 Å². The maximum Gasteiger partial charge on any atom is 0.245 e. The summed E-state index contributed by atoms with van der Waals surface area (Å²) in [6.07, 6.45) is 2.12. The van der Waals surface area contributed by atoms with E-state index >= 15 is 0 Å². The molecule has 1 heterocycles. The Balaban J connectivity index is 1.71. The first-order valence-corrected chi connectivity index (χ1v) is 8.47. The SMILES string of the molecule is CC1(C)C[C@]1(C(=O)NCC(=O)Nc1nccs1)c1ccccc1F. The van der Waals surface area contributed by atoms with Crippen molar-refractivity contribution < 1.29 is 14.0 Å². The number of rotatable bonds is 5. The standard InChI is InChI=1S/C17H18FN3O2S/c1-16(2)10-17(16,11-5-3-4-6-12(11)18)14(23)20-9-13(22)21-15-19-7-8-24-15/h3-8H,9-10H2,1-2H3,(H,20,23)(H,19,21,22)/t17-/m1/s1. The summed E-state index contributed by atoms with van der Waals surface area (Å²) in [7, 11) is 0. The number of carbonyl (C=O) groups is 2. The molecule has 126 valence electrons. The van der Waals surface area contributed by atoms with Gasteiger partial charge in [-0.3, -0.25) is 9.59 Å². The number of benzene rings is 1. The first-order chi connectivity index (χ1) is 11.4. The largest absolute Gasteiger partial charge is 0.346 e. The summed E-state index contributed by atoms with van der Waals surface area (Å²) in [5.41, 5.74) is -0.905. The third kappa shape index (κ3) is 2.80. The fraction of sp³-hybridized carbons (Fsp3) is 0.353. The number of hydrogen-bond acceptors (Lipinski definition) is 4. The van der Waals surface area contributed by atoms with Crippen molar-refractivity contribution in [1.29, 1.82) is 0 Å². The molecular weight excluding hydrogens is 329 g/mol. The van der Waals surface area contributed by atoms with E-state index in [9.17, 15) is 14.0 Å². The zero-order chi connectivity index (χ0) is 17.4. The summed E-state index contributed by atoms with van der Waals surface area (Å²) in [5.74, 6) is -1.09. The van der Waals surface area contributed by atoms with Crippen LogP contribution in [-0.4, -0.2) is 23.3 Å². The number of thiazole rings is 1. The number of halogens is 1. The minimum atomic E-state index is -0.931. The molecule has 0 spiro atoms. The molecule has 1 aliphatic rings. The van der Waals surface area contributed by atoms with Crippen LogP contribution in [0.5, 0.6) is 0 Å². The molecule has 0 unspecified atom stereocenters. The van der Waals surface area contributed by atoms with Gasteiger partial charge in [-0.2, -0.15) is 0 Å². The van der Waals surface area contributed by atoms with E-state index in [0.29, 0.717) is 17.1 Å². The Morgan fingerprint density at radius 1 is 1.33 bits per heavy atom. The van der Waals surface area contributed by atoms with Crippen LogP contribution in [0.3, 0.4) is 0 Å². The number of amides is 2. The molecule has 1 aromatic heterocycles. The molecule has 2 amide bonds. The normalized spacial score (nSPS) is 21.1. The van der Waals surface area contributed by atoms with Crippen LogP contribution in [0, 0.1) is 11.2 Å². The average molecular weight is 347 g/mol. The van der Waals surface area contributed by atoms with Crippen molar-refractivity contribution in [3.63, 3.8) is 0 Å². The smallest absolute Gasteiger partial charge is 0.245 e. The highest BCUT2D eigenvalue weighted by atomic mass is 32.1. The molecule has 1 aliphatic carbocycles. The topological polar surface area (TPSA) is 71.1 Å². The second-order valence-corrected chi connectivity index (χ2v) is 7.41. The zero-order valence-corrected chi connectivity index (χ0v) is 14.2. The second-order valence-electron chi connectivity index (χ2n) is 6.51. The lowest BCUT2D eigenvalue weighted by atomic mass is 9.86. The van der Waals surface area contributed by atoms with Crippen LogP contribution in [0.25, 0.3) is 0 Å². The zero-order valence-electron chi connectivity index (χ0n) is 13.4. The van der Waals surface area contributed by atoms with E-state index in [0.717, 1.165) is 0 Å². The van der Waals surface area contributed by atoms with Gasteiger partial charge in [0.15, 0.2) is 5.13 Å². The van der Waals surface area contributed by atoms with Gasteiger partial charge in [-0.05, 0) is 17.9 Å². The highest BCUT2D eigenvalue weighted by molar-refractivity contribution is 7.13. The van der Waals surface area contributed by atoms with Crippen molar-refractivity contribution in [2.75, 3.05) is 11.9 Å². The Hall–Kier alpha value is -2.28. The minimum Gasteiger partial charge on any atom is -0.346 e. The van der Waals surface area contributed by atoms with Gasteiger partial charge >= 0.3 is 0 Å². The number of anilines is 1. The maximum atomic E-state index is 14.2. The fourth-order valence-electron chi connectivity index (χ4n) is 3.16. The molecule has 1 fully saturated rings. The monoisotopic (exact) mass is 347 g/mol. The van der Waals surface area contributed by atoms with Gasteiger partial charge in [0.1, 0.15) is 5.82 Å². The van der Waals surface area contributed by atoms with E-state index in [1.54, 1.807) is 29.8 Å². The first kappa shape index (κ1) is 16.6. The number of hydrogen-bond donors (Lipinski definition) is 2. The van der Waals surface area contributed by atoms with E-state index in [2.05, 4.69) is 15.6 Å². The quantitative estimate of drug-likeness (QED) is 0.874. The molecule has 5 nitrogen and oxygen atoms in total. The van der Waals surface area contributed by atoms with Gasteiger partial charge in [0.05, 0.1) is 12.0 Å². The van der Waals surface area contributed by atoms with E-state index in [1.165, 1.54) is 17.4 Å². The molecule has 0 bridgehead atoms. The van der Waals surface area contributed by atoms with Gasteiger partial charge in [-0.15, -0.1) is 11.3 Å². The van der Waals surface area contributed by atoms with E-state index in [4.69, 9.17) is 0 Å². The highest BCUT2D eigenvalue weighted by Crippen LogP contribution is 2.64. The Bertz CT molecular complexity index is 776. The summed E-state index contributed by atoms with van der Waals surface area (Å²) < 4.78 is 14.2. The van der Waals surface area contributed by atoms with Crippen LogP contribution >= 0.6 is 11.3 Å².